The summed E-state index contributed by atoms with van der Waals surface area (Å²) in [6.45, 7) is 0. The highest BCUT2D eigenvalue weighted by atomic mass is 16.3. The molecule has 8 aromatic heterocycles. The lowest BCUT2D eigenvalue weighted by atomic mass is 10.0. The quantitative estimate of drug-likeness (QED) is 0.143. The first-order valence-corrected chi connectivity index (χ1v) is 22.7. The zero-order valence-electron chi connectivity index (χ0n) is 36.4. The van der Waals surface area contributed by atoms with E-state index >= 15 is 0 Å². The third kappa shape index (κ3) is 6.19. The van der Waals surface area contributed by atoms with Gasteiger partial charge in [0.25, 0.3) is 0 Å². The summed E-state index contributed by atoms with van der Waals surface area (Å²) in [4.78, 5) is 10.7. The van der Waals surface area contributed by atoms with Gasteiger partial charge < -0.3 is 13.4 Å². The van der Waals surface area contributed by atoms with E-state index in [1.54, 1.807) is 17.2 Å². The number of furan rings is 2. The van der Waals surface area contributed by atoms with E-state index in [4.69, 9.17) is 13.8 Å². The fourth-order valence-corrected chi connectivity index (χ4v) is 10.2. The normalized spacial score (nSPS) is 11.9. The van der Waals surface area contributed by atoms with Crippen molar-refractivity contribution in [1.29, 1.82) is 0 Å². The summed E-state index contributed by atoms with van der Waals surface area (Å²) in [5, 5.41) is 15.6. The van der Waals surface area contributed by atoms with Crippen LogP contribution in [0.5, 0.6) is 0 Å². The number of para-hydroxylation sites is 2. The number of nitrogens with zero attached hydrogens (tertiary/aromatic N) is 8. The molecule has 0 fully saturated rings. The summed E-state index contributed by atoms with van der Waals surface area (Å²) in [5.74, 6) is 2.66. The van der Waals surface area contributed by atoms with E-state index in [1.165, 1.54) is 10.9 Å². The van der Waals surface area contributed by atoms with Crippen molar-refractivity contribution >= 4 is 65.7 Å². The van der Waals surface area contributed by atoms with E-state index in [9.17, 15) is 0 Å². The molecule has 14 aromatic rings. The average molecular weight is 879 g/mol. The fraction of sp³-hybridized carbons (Fsp3) is 0.0345. The third-order valence-electron chi connectivity index (χ3n) is 13.2. The van der Waals surface area contributed by atoms with Crippen molar-refractivity contribution in [3.05, 3.63) is 230 Å². The number of pyridine rings is 2. The minimum absolute atomic E-state index is 0.640. The molecule has 0 saturated carbocycles. The molecule has 0 saturated heterocycles. The minimum atomic E-state index is 0.640. The highest BCUT2D eigenvalue weighted by molar-refractivity contribution is 6.11. The summed E-state index contributed by atoms with van der Waals surface area (Å²) >= 11 is 0. The van der Waals surface area contributed by atoms with E-state index in [1.807, 2.05) is 42.9 Å². The standard InChI is InChI=1S/C58H38N8O2/c1-3-8-42(9-4-1)63-52-16-13-38(31-49(52)50-34-39(15-18-53(50)63)51-19-20-57(66-61-26-27-62-66)64(51)43-10-5-2-6-11-43)29-46-33-41-36-55-40(35-56(41)68-46)32-45(67-55)28-37-14-17-54-48(30-37)47-12-7-23-60-58(47)65(54)44-21-24-59-25-22-44/h1-27,30-36H,28-29H2. The Hall–Kier alpha value is -9.28. The van der Waals surface area contributed by atoms with E-state index < -0.39 is 0 Å². The SMILES string of the molecule is c1ccc(-n2c(-c3ccc4c(c3)c3cc(Cc5cc6cc7oc(Cc8ccc9c(c8)c8cccnc8n9-c8ccncc8)cc7cc6o5)ccc3n4-c3ccccc3)ccc2-n2nccn2)cc1. The van der Waals surface area contributed by atoms with Crippen molar-refractivity contribution in [1.82, 2.24) is 38.7 Å². The summed E-state index contributed by atoms with van der Waals surface area (Å²) < 4.78 is 19.9. The highest BCUT2D eigenvalue weighted by Crippen LogP contribution is 2.39. The van der Waals surface area contributed by atoms with Crippen LogP contribution in [0.2, 0.25) is 0 Å². The fourth-order valence-electron chi connectivity index (χ4n) is 10.2. The topological polar surface area (TPSA) is 97.6 Å². The van der Waals surface area contributed by atoms with E-state index in [0.717, 1.165) is 112 Å². The monoisotopic (exact) mass is 878 g/mol. The molecule has 0 radical (unpaired) electrons. The Morgan fingerprint density at radius 2 is 0.985 bits per heavy atom. The zero-order valence-corrected chi connectivity index (χ0v) is 36.4. The van der Waals surface area contributed by atoms with Crippen molar-refractivity contribution in [2.24, 2.45) is 0 Å². The lowest BCUT2D eigenvalue weighted by molar-refractivity contribution is 0.560. The van der Waals surface area contributed by atoms with Gasteiger partial charge in [-0.3, -0.25) is 14.1 Å². The second kappa shape index (κ2) is 15.1. The van der Waals surface area contributed by atoms with Crippen LogP contribution >= 0.6 is 0 Å². The zero-order chi connectivity index (χ0) is 44.7. The molecular formula is C58H38N8O2. The largest absolute Gasteiger partial charge is 0.461 e. The maximum atomic E-state index is 6.60. The molecule has 0 amide bonds. The Bertz CT molecular complexity index is 4150. The number of hydrogen-bond acceptors (Lipinski definition) is 6. The van der Waals surface area contributed by atoms with Crippen LogP contribution in [0, 0.1) is 0 Å². The molecule has 10 nitrogen and oxygen atoms in total. The maximum Gasteiger partial charge on any atom is 0.160 e. The number of rotatable bonds is 9. The number of aromatic nitrogens is 8. The summed E-state index contributed by atoms with van der Waals surface area (Å²) in [5.41, 5.74) is 13.6. The molecule has 0 spiro atoms. The van der Waals surface area contributed by atoms with Gasteiger partial charge in [-0.05, 0) is 138 Å². The molecule has 0 aliphatic heterocycles. The second-order valence-electron chi connectivity index (χ2n) is 17.3. The molecule has 0 bridgehead atoms. The van der Waals surface area contributed by atoms with Gasteiger partial charge in [-0.15, -0.1) is 4.80 Å². The summed E-state index contributed by atoms with van der Waals surface area (Å²) in [6.07, 6.45) is 10.2. The first-order valence-electron chi connectivity index (χ1n) is 22.7. The molecule has 322 valence electrons. The molecule has 10 heteroatoms. The van der Waals surface area contributed by atoms with Crippen LogP contribution in [0.1, 0.15) is 22.6 Å². The van der Waals surface area contributed by atoms with Crippen LogP contribution < -0.4 is 0 Å². The van der Waals surface area contributed by atoms with Crippen molar-refractivity contribution < 1.29 is 8.83 Å². The average Bonchev–Trinajstić information content (AvgIpc) is 4.26. The Morgan fingerprint density at radius 1 is 0.412 bits per heavy atom. The van der Waals surface area contributed by atoms with Crippen molar-refractivity contribution in [3.63, 3.8) is 0 Å². The molecule has 14 rings (SSSR count). The first-order chi connectivity index (χ1) is 33.7. The number of fused-ring (bicyclic) bond motifs is 8. The minimum Gasteiger partial charge on any atom is -0.461 e. The number of hydrogen-bond donors (Lipinski definition) is 0. The van der Waals surface area contributed by atoms with Gasteiger partial charge in [0.15, 0.2) is 5.82 Å². The maximum absolute atomic E-state index is 6.60. The van der Waals surface area contributed by atoms with Crippen molar-refractivity contribution in [2.75, 3.05) is 0 Å². The van der Waals surface area contributed by atoms with Gasteiger partial charge in [-0.1, -0.05) is 54.6 Å². The van der Waals surface area contributed by atoms with Crippen LogP contribution in [0.4, 0.5) is 0 Å². The Labute approximate surface area is 388 Å². The van der Waals surface area contributed by atoms with Crippen molar-refractivity contribution in [2.45, 2.75) is 12.8 Å². The first kappa shape index (κ1) is 38.0. The predicted octanol–water partition coefficient (Wildman–Crippen LogP) is 13.4. The highest BCUT2D eigenvalue weighted by Gasteiger charge is 2.20. The van der Waals surface area contributed by atoms with Gasteiger partial charge in [0.1, 0.15) is 28.3 Å². The Balaban J connectivity index is 0.800. The second-order valence-corrected chi connectivity index (χ2v) is 17.3. The molecule has 0 unspecified atom stereocenters. The summed E-state index contributed by atoms with van der Waals surface area (Å²) in [6, 6.07) is 62.0. The molecule has 0 aliphatic rings. The summed E-state index contributed by atoms with van der Waals surface area (Å²) in [7, 11) is 0. The van der Waals surface area contributed by atoms with Crippen LogP contribution in [0.15, 0.2) is 216 Å². The van der Waals surface area contributed by atoms with Gasteiger partial charge in [0.2, 0.25) is 0 Å². The van der Waals surface area contributed by atoms with Crippen LogP contribution in [0.25, 0.3) is 99.8 Å². The molecule has 0 atom stereocenters. The van der Waals surface area contributed by atoms with Gasteiger partial charge in [0, 0.05) is 75.1 Å². The van der Waals surface area contributed by atoms with Gasteiger partial charge in [-0.25, -0.2) is 4.98 Å². The molecule has 68 heavy (non-hydrogen) atoms. The van der Waals surface area contributed by atoms with Crippen LogP contribution in [-0.4, -0.2) is 38.7 Å². The molecule has 0 aliphatic carbocycles. The van der Waals surface area contributed by atoms with Crippen molar-refractivity contribution in [3.8, 4) is 34.1 Å². The molecule has 0 N–H and O–H groups in total. The van der Waals surface area contributed by atoms with Gasteiger partial charge in [-0.2, -0.15) is 10.2 Å². The van der Waals surface area contributed by atoms with Crippen LogP contribution in [0.3, 0.4) is 0 Å². The lowest BCUT2D eigenvalue weighted by Gasteiger charge is -2.14. The smallest absolute Gasteiger partial charge is 0.160 e. The van der Waals surface area contributed by atoms with E-state index in [0.29, 0.717) is 12.8 Å². The Morgan fingerprint density at radius 3 is 1.65 bits per heavy atom. The molecular weight excluding hydrogens is 841 g/mol. The van der Waals surface area contributed by atoms with E-state index in [-0.39, 0.29) is 0 Å². The molecule has 8 heterocycles. The van der Waals surface area contributed by atoms with Gasteiger partial charge >= 0.3 is 0 Å². The number of benzene rings is 6. The third-order valence-corrected chi connectivity index (χ3v) is 13.2. The molecule has 6 aromatic carbocycles. The van der Waals surface area contributed by atoms with Crippen LogP contribution in [-0.2, 0) is 12.8 Å². The van der Waals surface area contributed by atoms with E-state index in [2.05, 4.69) is 181 Å². The predicted molar refractivity (Wildman–Crippen MR) is 268 cm³/mol. The Kier molecular flexibility index (Phi) is 8.47. The lowest BCUT2D eigenvalue weighted by Crippen LogP contribution is -2.07. The van der Waals surface area contributed by atoms with Gasteiger partial charge in [0.05, 0.1) is 40.3 Å².